The smallest absolute Gasteiger partial charge is 0.227 e. The van der Waals surface area contributed by atoms with Gasteiger partial charge < -0.3 is 9.80 Å². The van der Waals surface area contributed by atoms with Crippen LogP contribution in [0.3, 0.4) is 0 Å². The average Bonchev–Trinajstić information content (AvgIpc) is 2.61. The van der Waals surface area contributed by atoms with Crippen molar-refractivity contribution in [3.8, 4) is 0 Å². The molecule has 0 aromatic heterocycles. The fraction of sp³-hybridized carbons (Fsp3) is 0.278. The average molecular weight is 446 g/mol. The standard InChI is InChI=1S/C18H16BrCl2FN2O/c19-13-4-1-3-12(18(13)22)11-16(25)24-9-7-23(8-10-24)15-6-2-5-14(20)17(15)21/h1-6H,7-11H2. The van der Waals surface area contributed by atoms with Gasteiger partial charge in [0, 0.05) is 26.2 Å². The van der Waals surface area contributed by atoms with Gasteiger partial charge in [-0.15, -0.1) is 0 Å². The lowest BCUT2D eigenvalue weighted by molar-refractivity contribution is -0.130. The van der Waals surface area contributed by atoms with Crippen molar-refractivity contribution in [1.82, 2.24) is 4.90 Å². The fourth-order valence-corrected chi connectivity index (χ4v) is 3.72. The van der Waals surface area contributed by atoms with Crippen LogP contribution in [-0.4, -0.2) is 37.0 Å². The van der Waals surface area contributed by atoms with E-state index in [1.165, 1.54) is 0 Å². The number of piperazine rings is 1. The number of hydrogen-bond acceptors (Lipinski definition) is 2. The predicted octanol–water partition coefficient (Wildman–Crippen LogP) is 4.79. The number of nitrogens with zero attached hydrogens (tertiary/aromatic N) is 2. The molecular formula is C18H16BrCl2FN2O. The SMILES string of the molecule is O=C(Cc1cccc(Br)c1F)N1CCN(c2cccc(Cl)c2Cl)CC1. The Morgan fingerprint density at radius 3 is 2.48 bits per heavy atom. The number of anilines is 1. The van der Waals surface area contributed by atoms with E-state index in [0.29, 0.717) is 46.3 Å². The summed E-state index contributed by atoms with van der Waals surface area (Å²) < 4.78 is 14.4. The molecule has 0 bridgehead atoms. The van der Waals surface area contributed by atoms with Gasteiger partial charge in [0.2, 0.25) is 5.91 Å². The van der Waals surface area contributed by atoms with Gasteiger partial charge in [0.25, 0.3) is 0 Å². The zero-order valence-electron chi connectivity index (χ0n) is 13.3. The van der Waals surface area contributed by atoms with Gasteiger partial charge >= 0.3 is 0 Å². The molecule has 0 N–H and O–H groups in total. The van der Waals surface area contributed by atoms with Gasteiger partial charge in [0.1, 0.15) is 5.82 Å². The van der Waals surface area contributed by atoms with Crippen molar-refractivity contribution in [3.63, 3.8) is 0 Å². The lowest BCUT2D eigenvalue weighted by Gasteiger charge is -2.36. The Kier molecular flexibility index (Phi) is 5.87. The summed E-state index contributed by atoms with van der Waals surface area (Å²) in [6.45, 7) is 2.45. The van der Waals surface area contributed by atoms with E-state index in [1.807, 2.05) is 12.1 Å². The Bertz CT molecular complexity index is 795. The second kappa shape index (κ2) is 7.94. The molecule has 1 saturated heterocycles. The summed E-state index contributed by atoms with van der Waals surface area (Å²) in [5.41, 5.74) is 1.28. The zero-order chi connectivity index (χ0) is 18.0. The van der Waals surface area contributed by atoms with E-state index in [4.69, 9.17) is 23.2 Å². The second-order valence-corrected chi connectivity index (χ2v) is 7.47. The third-order valence-electron chi connectivity index (χ3n) is 4.28. The largest absolute Gasteiger partial charge is 0.367 e. The maximum Gasteiger partial charge on any atom is 0.227 e. The highest BCUT2D eigenvalue weighted by atomic mass is 79.9. The number of amides is 1. The lowest BCUT2D eigenvalue weighted by Crippen LogP contribution is -2.49. The second-order valence-electron chi connectivity index (χ2n) is 5.83. The maximum atomic E-state index is 14.0. The first-order valence-corrected chi connectivity index (χ1v) is 9.42. The van der Waals surface area contributed by atoms with Crippen molar-refractivity contribution in [3.05, 3.63) is 62.3 Å². The van der Waals surface area contributed by atoms with E-state index < -0.39 is 0 Å². The molecule has 2 aromatic rings. The maximum absolute atomic E-state index is 14.0. The van der Waals surface area contributed by atoms with E-state index in [1.54, 1.807) is 29.2 Å². The summed E-state index contributed by atoms with van der Waals surface area (Å²) in [6.07, 6.45) is 0.0587. The number of carbonyl (C=O) groups is 1. The Labute approximate surface area is 164 Å². The van der Waals surface area contributed by atoms with Gasteiger partial charge in [-0.25, -0.2) is 4.39 Å². The molecule has 0 saturated carbocycles. The Morgan fingerprint density at radius 1 is 1.08 bits per heavy atom. The van der Waals surface area contributed by atoms with Gasteiger partial charge in [-0.1, -0.05) is 41.4 Å². The molecule has 0 radical (unpaired) electrons. The minimum Gasteiger partial charge on any atom is -0.367 e. The molecule has 25 heavy (non-hydrogen) atoms. The predicted molar refractivity (Wildman–Crippen MR) is 103 cm³/mol. The number of carbonyl (C=O) groups excluding carboxylic acids is 1. The van der Waals surface area contributed by atoms with Crippen LogP contribution in [-0.2, 0) is 11.2 Å². The van der Waals surface area contributed by atoms with Gasteiger partial charge in [-0.3, -0.25) is 4.79 Å². The number of benzene rings is 2. The molecule has 0 spiro atoms. The summed E-state index contributed by atoms with van der Waals surface area (Å²) in [4.78, 5) is 16.3. The van der Waals surface area contributed by atoms with E-state index in [0.717, 1.165) is 5.69 Å². The molecular weight excluding hydrogens is 430 g/mol. The molecule has 1 heterocycles. The molecule has 3 nitrogen and oxygen atoms in total. The summed E-state index contributed by atoms with van der Waals surface area (Å²) in [7, 11) is 0. The molecule has 1 amide bonds. The normalized spacial score (nSPS) is 14.7. The van der Waals surface area contributed by atoms with Crippen molar-refractivity contribution in [2.45, 2.75) is 6.42 Å². The van der Waals surface area contributed by atoms with Gasteiger partial charge in [0.15, 0.2) is 0 Å². The van der Waals surface area contributed by atoms with Crippen LogP contribution in [0.25, 0.3) is 0 Å². The highest BCUT2D eigenvalue weighted by Crippen LogP contribution is 2.33. The van der Waals surface area contributed by atoms with Crippen molar-refractivity contribution in [1.29, 1.82) is 0 Å². The summed E-state index contributed by atoms with van der Waals surface area (Å²) in [5.74, 6) is -0.450. The van der Waals surface area contributed by atoms with Crippen molar-refractivity contribution >= 4 is 50.7 Å². The third kappa shape index (κ3) is 4.10. The number of rotatable bonds is 3. The van der Waals surface area contributed by atoms with Crippen LogP contribution in [0.5, 0.6) is 0 Å². The van der Waals surface area contributed by atoms with Gasteiger partial charge in [-0.05, 0) is 39.7 Å². The Balaban J connectivity index is 1.63. The van der Waals surface area contributed by atoms with E-state index in [-0.39, 0.29) is 18.1 Å². The van der Waals surface area contributed by atoms with Crippen molar-refractivity contribution < 1.29 is 9.18 Å². The Hall–Kier alpha value is -1.30. The lowest BCUT2D eigenvalue weighted by atomic mass is 10.1. The monoisotopic (exact) mass is 444 g/mol. The Morgan fingerprint density at radius 2 is 1.76 bits per heavy atom. The van der Waals surface area contributed by atoms with Crippen LogP contribution >= 0.6 is 39.1 Å². The van der Waals surface area contributed by atoms with Crippen molar-refractivity contribution in [2.24, 2.45) is 0 Å². The number of halogens is 4. The molecule has 1 aliphatic heterocycles. The summed E-state index contributed by atoms with van der Waals surface area (Å²) in [6, 6.07) is 10.5. The topological polar surface area (TPSA) is 23.6 Å². The first-order valence-electron chi connectivity index (χ1n) is 7.87. The minimum atomic E-state index is -0.375. The van der Waals surface area contributed by atoms with E-state index in [9.17, 15) is 9.18 Å². The van der Waals surface area contributed by atoms with Crippen LogP contribution in [0.1, 0.15) is 5.56 Å². The van der Waals surface area contributed by atoms with Gasteiger partial charge in [-0.2, -0.15) is 0 Å². The first-order chi connectivity index (χ1) is 12.0. The van der Waals surface area contributed by atoms with Crippen LogP contribution < -0.4 is 4.90 Å². The van der Waals surface area contributed by atoms with Crippen LogP contribution in [0, 0.1) is 5.82 Å². The van der Waals surface area contributed by atoms with Crippen molar-refractivity contribution in [2.75, 3.05) is 31.1 Å². The molecule has 7 heteroatoms. The molecule has 1 fully saturated rings. The number of hydrogen-bond donors (Lipinski definition) is 0. The van der Waals surface area contributed by atoms with Crippen LogP contribution in [0.2, 0.25) is 10.0 Å². The third-order valence-corrected chi connectivity index (χ3v) is 5.70. The molecule has 0 unspecified atom stereocenters. The highest BCUT2D eigenvalue weighted by Gasteiger charge is 2.23. The summed E-state index contributed by atoms with van der Waals surface area (Å²) >= 11 is 15.5. The highest BCUT2D eigenvalue weighted by molar-refractivity contribution is 9.10. The summed E-state index contributed by atoms with van der Waals surface area (Å²) in [5, 5.41) is 1.04. The zero-order valence-corrected chi connectivity index (χ0v) is 16.4. The molecule has 0 aliphatic carbocycles. The van der Waals surface area contributed by atoms with Gasteiger partial charge in [0.05, 0.1) is 26.6 Å². The molecule has 132 valence electrons. The molecule has 1 aliphatic rings. The van der Waals surface area contributed by atoms with E-state index >= 15 is 0 Å². The molecule has 2 aromatic carbocycles. The first kappa shape index (κ1) is 18.5. The fourth-order valence-electron chi connectivity index (χ4n) is 2.89. The quantitative estimate of drug-likeness (QED) is 0.678. The van der Waals surface area contributed by atoms with Crippen LogP contribution in [0.15, 0.2) is 40.9 Å². The minimum absolute atomic E-state index is 0.0587. The molecule has 3 rings (SSSR count). The molecule has 0 atom stereocenters. The van der Waals surface area contributed by atoms with E-state index in [2.05, 4.69) is 20.8 Å². The van der Waals surface area contributed by atoms with Crippen LogP contribution in [0.4, 0.5) is 10.1 Å².